The van der Waals surface area contributed by atoms with Gasteiger partial charge in [-0.3, -0.25) is 0 Å². The van der Waals surface area contributed by atoms with Gasteiger partial charge in [-0.15, -0.1) is 0 Å². The number of nitrogens with zero attached hydrogens (tertiary/aromatic N) is 1. The van der Waals surface area contributed by atoms with Gasteiger partial charge in [0.15, 0.2) is 5.76 Å². The van der Waals surface area contributed by atoms with Crippen molar-refractivity contribution in [2.24, 2.45) is 0 Å². The van der Waals surface area contributed by atoms with Crippen molar-refractivity contribution < 1.29 is 4.84 Å². The van der Waals surface area contributed by atoms with Gasteiger partial charge in [0, 0.05) is 15.6 Å². The van der Waals surface area contributed by atoms with Crippen LogP contribution in [0.15, 0.2) is 70.7 Å². The van der Waals surface area contributed by atoms with Crippen LogP contribution in [0.25, 0.3) is 11.8 Å². The predicted octanol–water partition coefficient (Wildman–Crippen LogP) is 5.47. The molecule has 23 heavy (non-hydrogen) atoms. The molecule has 0 amide bonds. The van der Waals surface area contributed by atoms with Crippen molar-refractivity contribution in [3.63, 3.8) is 0 Å². The monoisotopic (exact) mass is 385 g/mol. The first-order chi connectivity index (χ1) is 11.2. The smallest absolute Gasteiger partial charge is 0.167 e. The van der Waals surface area contributed by atoms with E-state index in [1.807, 2.05) is 42.5 Å². The lowest BCUT2D eigenvalue weighted by Gasteiger charge is -2.16. The van der Waals surface area contributed by atoms with Crippen LogP contribution in [-0.2, 0) is 4.84 Å². The van der Waals surface area contributed by atoms with Gasteiger partial charge in [-0.2, -0.15) is 5.06 Å². The Bertz CT molecular complexity index is 753. The maximum atomic E-state index is 5.94. The molecule has 1 aliphatic rings. The van der Waals surface area contributed by atoms with E-state index >= 15 is 0 Å². The largest absolute Gasteiger partial charge is 0.378 e. The van der Waals surface area contributed by atoms with E-state index in [9.17, 15) is 0 Å². The highest BCUT2D eigenvalue weighted by Crippen LogP contribution is 2.34. The number of hydrogen-bond donors (Lipinski definition) is 0. The summed E-state index contributed by atoms with van der Waals surface area (Å²) in [5.41, 5.74) is 4.85. The molecule has 0 fully saturated rings. The van der Waals surface area contributed by atoms with E-state index < -0.39 is 0 Å². The lowest BCUT2D eigenvalue weighted by Crippen LogP contribution is -2.25. The lowest BCUT2D eigenvalue weighted by atomic mass is 10.0. The van der Waals surface area contributed by atoms with Crippen molar-refractivity contribution in [3.05, 3.63) is 81.8 Å². The minimum Gasteiger partial charge on any atom is -0.378 e. The SMILES string of the molecule is CC1C(C=Cc2ccccc2)=C(c2ccc(Br)cc2)ON1C=S. The fourth-order valence-corrected chi connectivity index (χ4v) is 2.95. The second-order valence-electron chi connectivity index (χ2n) is 5.27. The van der Waals surface area contributed by atoms with E-state index in [1.165, 1.54) is 0 Å². The molecule has 0 N–H and O–H groups in total. The standard InChI is InChI=1S/C19H16BrNOS/c1-14-18(12-7-15-5-3-2-4-6-15)19(22-21(14)13-23)16-8-10-17(20)11-9-16/h2-14H,1H3. The quantitative estimate of drug-likeness (QED) is 0.647. The van der Waals surface area contributed by atoms with Crippen LogP contribution < -0.4 is 0 Å². The molecule has 1 unspecified atom stereocenters. The summed E-state index contributed by atoms with van der Waals surface area (Å²) in [6.07, 6.45) is 4.21. The summed E-state index contributed by atoms with van der Waals surface area (Å²) in [6.45, 7) is 2.08. The summed E-state index contributed by atoms with van der Waals surface area (Å²) >= 11 is 8.52. The number of rotatable bonds is 4. The van der Waals surface area contributed by atoms with Crippen LogP contribution in [0.3, 0.4) is 0 Å². The van der Waals surface area contributed by atoms with E-state index in [4.69, 9.17) is 17.1 Å². The number of thiocarbonyl (C=S) groups is 1. The minimum atomic E-state index is 0.0751. The van der Waals surface area contributed by atoms with Crippen molar-refractivity contribution in [2.45, 2.75) is 13.0 Å². The van der Waals surface area contributed by atoms with Crippen molar-refractivity contribution in [2.75, 3.05) is 0 Å². The second kappa shape index (κ2) is 7.11. The topological polar surface area (TPSA) is 12.5 Å². The molecule has 0 aliphatic carbocycles. The number of halogens is 1. The second-order valence-corrected chi connectivity index (χ2v) is 6.39. The van der Waals surface area contributed by atoms with Crippen LogP contribution in [0.2, 0.25) is 0 Å². The first kappa shape index (κ1) is 16.0. The van der Waals surface area contributed by atoms with Gasteiger partial charge in [0.25, 0.3) is 0 Å². The third-order valence-corrected chi connectivity index (χ3v) is 4.49. The number of hydroxylamine groups is 2. The summed E-state index contributed by atoms with van der Waals surface area (Å²) in [5, 5.41) is 1.71. The molecule has 0 saturated heterocycles. The zero-order valence-corrected chi connectivity index (χ0v) is 15.0. The normalized spacial score (nSPS) is 17.7. The van der Waals surface area contributed by atoms with Gasteiger partial charge >= 0.3 is 0 Å². The van der Waals surface area contributed by atoms with E-state index in [0.717, 1.165) is 26.9 Å². The molecule has 0 spiro atoms. The van der Waals surface area contributed by atoms with Gasteiger partial charge in [-0.25, -0.2) is 0 Å². The molecule has 2 aromatic carbocycles. The van der Waals surface area contributed by atoms with Crippen LogP contribution in [0.1, 0.15) is 18.1 Å². The Balaban J connectivity index is 1.99. The zero-order valence-electron chi connectivity index (χ0n) is 12.6. The Morgan fingerprint density at radius 3 is 2.39 bits per heavy atom. The first-order valence-electron chi connectivity index (χ1n) is 7.34. The first-order valence-corrected chi connectivity index (χ1v) is 8.60. The highest BCUT2D eigenvalue weighted by Gasteiger charge is 2.29. The van der Waals surface area contributed by atoms with Crippen molar-refractivity contribution in [1.29, 1.82) is 0 Å². The Labute approximate surface area is 150 Å². The molecule has 4 heteroatoms. The number of hydrogen-bond acceptors (Lipinski definition) is 2. The van der Waals surface area contributed by atoms with Crippen LogP contribution in [0.4, 0.5) is 0 Å². The molecule has 1 aliphatic heterocycles. The molecule has 2 aromatic rings. The molecule has 2 nitrogen and oxygen atoms in total. The van der Waals surface area contributed by atoms with Gasteiger partial charge in [0.2, 0.25) is 0 Å². The lowest BCUT2D eigenvalue weighted by molar-refractivity contribution is -0.00267. The highest BCUT2D eigenvalue weighted by molar-refractivity contribution is 9.10. The third-order valence-electron chi connectivity index (χ3n) is 3.76. The highest BCUT2D eigenvalue weighted by atomic mass is 79.9. The number of benzene rings is 2. The average Bonchev–Trinajstić information content (AvgIpc) is 2.90. The average molecular weight is 386 g/mol. The summed E-state index contributed by atoms with van der Waals surface area (Å²) in [5.74, 6) is 0.846. The summed E-state index contributed by atoms with van der Waals surface area (Å²) < 4.78 is 1.04. The maximum Gasteiger partial charge on any atom is 0.167 e. The fourth-order valence-electron chi connectivity index (χ4n) is 2.46. The van der Waals surface area contributed by atoms with Gasteiger partial charge in [0.05, 0.1) is 6.04 Å². The maximum absolute atomic E-state index is 5.94. The Morgan fingerprint density at radius 1 is 1.04 bits per heavy atom. The van der Waals surface area contributed by atoms with Crippen LogP contribution in [-0.4, -0.2) is 16.6 Å². The van der Waals surface area contributed by atoms with Crippen molar-refractivity contribution >= 4 is 45.5 Å². The van der Waals surface area contributed by atoms with E-state index in [1.54, 1.807) is 10.6 Å². The third kappa shape index (κ3) is 3.54. The van der Waals surface area contributed by atoms with Crippen LogP contribution in [0, 0.1) is 0 Å². The summed E-state index contributed by atoms with van der Waals surface area (Å²) in [4.78, 5) is 5.94. The fraction of sp³-hybridized carbons (Fsp3) is 0.105. The predicted molar refractivity (Wildman–Crippen MR) is 103 cm³/mol. The molecular formula is C19H16BrNOS. The molecule has 0 saturated carbocycles. The van der Waals surface area contributed by atoms with Gasteiger partial charge in [-0.1, -0.05) is 82.8 Å². The molecule has 3 rings (SSSR count). The Kier molecular flexibility index (Phi) is 4.94. The van der Waals surface area contributed by atoms with E-state index in [0.29, 0.717) is 0 Å². The van der Waals surface area contributed by atoms with Crippen molar-refractivity contribution in [1.82, 2.24) is 5.06 Å². The van der Waals surface area contributed by atoms with Gasteiger partial charge in [0.1, 0.15) is 5.49 Å². The molecule has 116 valence electrons. The summed E-state index contributed by atoms with van der Waals surface area (Å²) in [7, 11) is 0. The van der Waals surface area contributed by atoms with Gasteiger partial charge < -0.3 is 4.84 Å². The van der Waals surface area contributed by atoms with E-state index in [2.05, 4.69) is 47.1 Å². The molecule has 0 bridgehead atoms. The van der Waals surface area contributed by atoms with Crippen molar-refractivity contribution in [3.8, 4) is 0 Å². The minimum absolute atomic E-state index is 0.0751. The van der Waals surface area contributed by atoms with Crippen LogP contribution in [0.5, 0.6) is 0 Å². The molecular weight excluding hydrogens is 370 g/mol. The molecule has 0 aromatic heterocycles. The van der Waals surface area contributed by atoms with E-state index in [-0.39, 0.29) is 6.04 Å². The van der Waals surface area contributed by atoms with Gasteiger partial charge in [-0.05, 0) is 24.6 Å². The molecule has 1 heterocycles. The summed E-state index contributed by atoms with van der Waals surface area (Å²) in [6, 6.07) is 18.4. The zero-order chi connectivity index (χ0) is 16.2. The molecule has 1 atom stereocenters. The Morgan fingerprint density at radius 2 is 1.74 bits per heavy atom. The van der Waals surface area contributed by atoms with Crippen LogP contribution >= 0.6 is 28.1 Å². The molecule has 0 radical (unpaired) electrons. The Hall–Kier alpha value is -1.91.